The van der Waals surface area contributed by atoms with Gasteiger partial charge in [-0.3, -0.25) is 9.48 Å². The third-order valence-electron chi connectivity index (χ3n) is 3.62. The van der Waals surface area contributed by atoms with Crippen LogP contribution >= 0.6 is 0 Å². The third kappa shape index (κ3) is 1.57. The first-order valence-corrected chi connectivity index (χ1v) is 6.10. The van der Waals surface area contributed by atoms with Gasteiger partial charge in [0.2, 0.25) is 0 Å². The standard InChI is InChI=1S/C12H16N4O/c1-7-9-10(16(2)15-7)12(17)14-11(13-9)8-5-3-4-6-8/h8H,3-6H2,1-2H3,(H,13,14,17). The zero-order chi connectivity index (χ0) is 12.0. The Kier molecular flexibility index (Phi) is 2.28. The molecule has 0 bridgehead atoms. The van der Waals surface area contributed by atoms with E-state index in [0.717, 1.165) is 29.9 Å². The van der Waals surface area contributed by atoms with Gasteiger partial charge in [-0.15, -0.1) is 0 Å². The van der Waals surface area contributed by atoms with Gasteiger partial charge in [0.15, 0.2) is 5.52 Å². The molecule has 0 aromatic carbocycles. The highest BCUT2D eigenvalue weighted by Gasteiger charge is 2.21. The van der Waals surface area contributed by atoms with Crippen molar-refractivity contribution in [2.45, 2.75) is 38.5 Å². The summed E-state index contributed by atoms with van der Waals surface area (Å²) < 4.78 is 1.61. The molecule has 1 aliphatic carbocycles. The summed E-state index contributed by atoms with van der Waals surface area (Å²) in [5, 5.41) is 4.25. The molecule has 0 atom stereocenters. The second-order valence-corrected chi connectivity index (χ2v) is 4.84. The van der Waals surface area contributed by atoms with E-state index in [9.17, 15) is 4.79 Å². The number of nitrogens with zero attached hydrogens (tertiary/aromatic N) is 3. The second-order valence-electron chi connectivity index (χ2n) is 4.84. The number of hydrogen-bond donors (Lipinski definition) is 1. The molecule has 1 N–H and O–H groups in total. The maximum absolute atomic E-state index is 12.0. The lowest BCUT2D eigenvalue weighted by molar-refractivity contribution is 0.668. The quantitative estimate of drug-likeness (QED) is 0.812. The molecule has 3 rings (SSSR count). The minimum Gasteiger partial charge on any atom is -0.308 e. The molecular formula is C12H16N4O. The monoisotopic (exact) mass is 232 g/mol. The van der Waals surface area contributed by atoms with Crippen molar-refractivity contribution in [1.82, 2.24) is 19.7 Å². The molecule has 90 valence electrons. The molecule has 0 aliphatic heterocycles. The topological polar surface area (TPSA) is 63.6 Å². The zero-order valence-electron chi connectivity index (χ0n) is 10.2. The molecule has 5 heteroatoms. The van der Waals surface area contributed by atoms with Gasteiger partial charge in [-0.1, -0.05) is 12.8 Å². The van der Waals surface area contributed by atoms with Gasteiger partial charge in [0.25, 0.3) is 5.56 Å². The Hall–Kier alpha value is -1.65. The molecule has 2 aromatic rings. The summed E-state index contributed by atoms with van der Waals surface area (Å²) in [7, 11) is 1.78. The minimum absolute atomic E-state index is 0.0694. The van der Waals surface area contributed by atoms with Gasteiger partial charge in [-0.25, -0.2) is 4.98 Å². The largest absolute Gasteiger partial charge is 0.308 e. The van der Waals surface area contributed by atoms with Crippen LogP contribution in [0.4, 0.5) is 0 Å². The molecule has 1 aliphatic rings. The van der Waals surface area contributed by atoms with Crippen molar-refractivity contribution in [3.05, 3.63) is 21.9 Å². The van der Waals surface area contributed by atoms with E-state index in [4.69, 9.17) is 0 Å². The molecule has 17 heavy (non-hydrogen) atoms. The van der Waals surface area contributed by atoms with E-state index in [2.05, 4.69) is 15.1 Å². The normalized spacial score (nSPS) is 17.1. The highest BCUT2D eigenvalue weighted by Crippen LogP contribution is 2.32. The van der Waals surface area contributed by atoms with Crippen LogP contribution in [-0.2, 0) is 7.05 Å². The lowest BCUT2D eigenvalue weighted by atomic mass is 10.1. The lowest BCUT2D eigenvalue weighted by Gasteiger charge is -2.07. The third-order valence-corrected chi connectivity index (χ3v) is 3.62. The van der Waals surface area contributed by atoms with Crippen LogP contribution in [0.3, 0.4) is 0 Å². The lowest BCUT2D eigenvalue weighted by Crippen LogP contribution is -2.15. The molecule has 2 aromatic heterocycles. The predicted octanol–water partition coefficient (Wildman–Crippen LogP) is 1.62. The molecule has 0 radical (unpaired) electrons. The number of nitrogens with one attached hydrogen (secondary N) is 1. The van der Waals surface area contributed by atoms with E-state index in [1.165, 1.54) is 12.8 Å². The van der Waals surface area contributed by atoms with Gasteiger partial charge in [0.1, 0.15) is 11.3 Å². The van der Waals surface area contributed by atoms with E-state index in [1.54, 1.807) is 11.7 Å². The minimum atomic E-state index is -0.0694. The Bertz CT molecular complexity index is 619. The van der Waals surface area contributed by atoms with E-state index in [0.29, 0.717) is 11.4 Å². The predicted molar refractivity (Wildman–Crippen MR) is 65.1 cm³/mol. The van der Waals surface area contributed by atoms with Gasteiger partial charge >= 0.3 is 0 Å². The molecule has 5 nitrogen and oxygen atoms in total. The van der Waals surface area contributed by atoms with E-state index in [1.807, 2.05) is 6.92 Å². The summed E-state index contributed by atoms with van der Waals surface area (Å²) in [5.41, 5.74) is 2.08. The van der Waals surface area contributed by atoms with Gasteiger partial charge < -0.3 is 4.98 Å². The Morgan fingerprint density at radius 2 is 2.06 bits per heavy atom. The maximum Gasteiger partial charge on any atom is 0.277 e. The van der Waals surface area contributed by atoms with Crippen molar-refractivity contribution in [3.63, 3.8) is 0 Å². The maximum atomic E-state index is 12.0. The summed E-state index contributed by atoms with van der Waals surface area (Å²) in [4.78, 5) is 19.6. The van der Waals surface area contributed by atoms with Crippen molar-refractivity contribution >= 4 is 11.0 Å². The Morgan fingerprint density at radius 3 is 2.76 bits per heavy atom. The molecular weight excluding hydrogens is 216 g/mol. The number of rotatable bonds is 1. The average Bonchev–Trinajstić information content (AvgIpc) is 2.88. The number of aryl methyl sites for hydroxylation is 2. The fourth-order valence-electron chi connectivity index (χ4n) is 2.75. The fourth-order valence-corrected chi connectivity index (χ4v) is 2.75. The number of H-pyrrole nitrogens is 1. The van der Waals surface area contributed by atoms with Crippen LogP contribution in [0.25, 0.3) is 11.0 Å². The van der Waals surface area contributed by atoms with Crippen molar-refractivity contribution in [2.24, 2.45) is 7.05 Å². The van der Waals surface area contributed by atoms with Crippen LogP contribution < -0.4 is 5.56 Å². The molecule has 0 saturated heterocycles. The van der Waals surface area contributed by atoms with Gasteiger partial charge in [-0.2, -0.15) is 5.10 Å². The van der Waals surface area contributed by atoms with Crippen molar-refractivity contribution in [3.8, 4) is 0 Å². The van der Waals surface area contributed by atoms with E-state index >= 15 is 0 Å². The Labute approximate surface area is 98.9 Å². The molecule has 0 unspecified atom stereocenters. The zero-order valence-corrected chi connectivity index (χ0v) is 10.2. The van der Waals surface area contributed by atoms with Crippen LogP contribution in [0, 0.1) is 6.92 Å². The first kappa shape index (κ1) is 10.5. The Morgan fingerprint density at radius 1 is 1.35 bits per heavy atom. The molecule has 1 saturated carbocycles. The molecule has 2 heterocycles. The number of aromatic amines is 1. The first-order chi connectivity index (χ1) is 8.16. The smallest absolute Gasteiger partial charge is 0.277 e. The summed E-state index contributed by atoms with van der Waals surface area (Å²) in [6.07, 6.45) is 4.73. The first-order valence-electron chi connectivity index (χ1n) is 6.10. The Balaban J connectivity index is 2.22. The highest BCUT2D eigenvalue weighted by molar-refractivity contribution is 5.76. The molecule has 1 fully saturated rings. The van der Waals surface area contributed by atoms with Gasteiger partial charge in [0, 0.05) is 13.0 Å². The van der Waals surface area contributed by atoms with Gasteiger partial charge in [0.05, 0.1) is 5.69 Å². The number of aromatic nitrogens is 4. The molecule has 0 amide bonds. The summed E-state index contributed by atoms with van der Waals surface area (Å²) in [5.74, 6) is 1.27. The molecule has 0 spiro atoms. The summed E-state index contributed by atoms with van der Waals surface area (Å²) >= 11 is 0. The van der Waals surface area contributed by atoms with Crippen LogP contribution in [0.5, 0.6) is 0 Å². The highest BCUT2D eigenvalue weighted by atomic mass is 16.1. The van der Waals surface area contributed by atoms with Crippen molar-refractivity contribution in [1.29, 1.82) is 0 Å². The SMILES string of the molecule is Cc1nn(C)c2c(=O)[nH]c(C3CCCC3)nc12. The van der Waals surface area contributed by atoms with Crippen LogP contribution in [0.2, 0.25) is 0 Å². The van der Waals surface area contributed by atoms with Crippen molar-refractivity contribution in [2.75, 3.05) is 0 Å². The van der Waals surface area contributed by atoms with Crippen LogP contribution in [0.15, 0.2) is 4.79 Å². The number of hydrogen-bond acceptors (Lipinski definition) is 3. The van der Waals surface area contributed by atoms with Gasteiger partial charge in [-0.05, 0) is 19.8 Å². The van der Waals surface area contributed by atoms with E-state index < -0.39 is 0 Å². The van der Waals surface area contributed by atoms with Crippen LogP contribution in [0.1, 0.15) is 43.1 Å². The van der Waals surface area contributed by atoms with Crippen molar-refractivity contribution < 1.29 is 0 Å². The fraction of sp³-hybridized carbons (Fsp3) is 0.583. The summed E-state index contributed by atoms with van der Waals surface area (Å²) in [6.45, 7) is 1.90. The average molecular weight is 232 g/mol. The number of fused-ring (bicyclic) bond motifs is 1. The summed E-state index contributed by atoms with van der Waals surface area (Å²) in [6, 6.07) is 0. The second kappa shape index (κ2) is 3.68. The van der Waals surface area contributed by atoms with Crippen LogP contribution in [-0.4, -0.2) is 19.7 Å². The van der Waals surface area contributed by atoms with E-state index in [-0.39, 0.29) is 5.56 Å².